The molecule has 6 nitrogen and oxygen atoms in total. The highest BCUT2D eigenvalue weighted by atomic mass is 32.1. The molecule has 102 valence electrons. The van der Waals surface area contributed by atoms with Crippen molar-refractivity contribution in [2.24, 2.45) is 0 Å². The third-order valence-electron chi connectivity index (χ3n) is 2.24. The van der Waals surface area contributed by atoms with Gasteiger partial charge in [0.1, 0.15) is 5.56 Å². The van der Waals surface area contributed by atoms with E-state index in [0.717, 1.165) is 0 Å². The van der Waals surface area contributed by atoms with Crippen molar-refractivity contribution in [3.63, 3.8) is 0 Å². The molecule has 3 N–H and O–H groups in total. The van der Waals surface area contributed by atoms with Crippen LogP contribution in [0.3, 0.4) is 0 Å². The first kappa shape index (κ1) is 14.0. The largest absolute Gasteiger partial charge is 0.395 e. The summed E-state index contributed by atoms with van der Waals surface area (Å²) in [6, 6.07) is 1.28. The SMILES string of the molecule is O=C(Nc1ncc(C#CCCO)s1)c1c[nH]ccc1=O. The van der Waals surface area contributed by atoms with Gasteiger partial charge in [-0.1, -0.05) is 23.2 Å². The third-order valence-corrected chi connectivity index (χ3v) is 3.07. The van der Waals surface area contributed by atoms with Crippen LogP contribution < -0.4 is 10.7 Å². The summed E-state index contributed by atoms with van der Waals surface area (Å²) in [6.45, 7) is 0.00613. The number of anilines is 1. The number of aliphatic hydroxyl groups excluding tert-OH is 1. The first-order chi connectivity index (χ1) is 9.70. The van der Waals surface area contributed by atoms with Gasteiger partial charge in [0.25, 0.3) is 5.91 Å². The number of carbonyl (C=O) groups excluding carboxylic acids is 1. The van der Waals surface area contributed by atoms with Crippen molar-refractivity contribution in [1.29, 1.82) is 0 Å². The number of carbonyl (C=O) groups is 1. The van der Waals surface area contributed by atoms with E-state index in [2.05, 4.69) is 27.1 Å². The van der Waals surface area contributed by atoms with Crippen molar-refractivity contribution < 1.29 is 9.90 Å². The van der Waals surface area contributed by atoms with Crippen molar-refractivity contribution in [2.75, 3.05) is 11.9 Å². The zero-order valence-electron chi connectivity index (χ0n) is 10.3. The molecular formula is C13H11N3O3S. The first-order valence-corrected chi connectivity index (χ1v) is 6.56. The van der Waals surface area contributed by atoms with E-state index in [9.17, 15) is 9.59 Å². The number of nitrogens with zero attached hydrogens (tertiary/aromatic N) is 1. The minimum Gasteiger partial charge on any atom is -0.395 e. The van der Waals surface area contributed by atoms with Gasteiger partial charge >= 0.3 is 0 Å². The number of aliphatic hydroxyl groups is 1. The number of pyridine rings is 1. The fourth-order valence-corrected chi connectivity index (χ4v) is 2.04. The molecule has 0 fully saturated rings. The number of aromatic amines is 1. The second kappa shape index (κ2) is 6.65. The molecule has 0 atom stereocenters. The number of thiazole rings is 1. The van der Waals surface area contributed by atoms with E-state index in [1.54, 1.807) is 0 Å². The minimum absolute atomic E-state index is 0.00613. The van der Waals surface area contributed by atoms with Crippen LogP contribution >= 0.6 is 11.3 Å². The van der Waals surface area contributed by atoms with Crippen LogP contribution in [0.15, 0.2) is 29.5 Å². The lowest BCUT2D eigenvalue weighted by molar-refractivity contribution is 0.102. The summed E-state index contributed by atoms with van der Waals surface area (Å²) in [5, 5.41) is 11.5. The lowest BCUT2D eigenvalue weighted by Gasteiger charge is -1.99. The second-order valence-corrected chi connectivity index (χ2v) is 4.71. The van der Waals surface area contributed by atoms with Crippen LogP contribution in [0.1, 0.15) is 21.7 Å². The topological polar surface area (TPSA) is 95.1 Å². The molecule has 0 aromatic carbocycles. The van der Waals surface area contributed by atoms with Crippen molar-refractivity contribution in [1.82, 2.24) is 9.97 Å². The van der Waals surface area contributed by atoms with Crippen molar-refractivity contribution in [2.45, 2.75) is 6.42 Å². The maximum Gasteiger partial charge on any atom is 0.262 e. The smallest absolute Gasteiger partial charge is 0.262 e. The third kappa shape index (κ3) is 3.54. The summed E-state index contributed by atoms with van der Waals surface area (Å²) < 4.78 is 0. The standard InChI is InChI=1S/C13H11N3O3S/c17-6-2-1-3-9-7-15-13(20-9)16-12(19)10-8-14-5-4-11(10)18/h4-5,7-8,17H,2,6H2,(H,14,18)(H,15,16,19). The maximum atomic E-state index is 11.9. The fourth-order valence-electron chi connectivity index (χ4n) is 1.35. The van der Waals surface area contributed by atoms with Gasteiger partial charge in [-0.2, -0.15) is 0 Å². The highest BCUT2D eigenvalue weighted by molar-refractivity contribution is 7.16. The molecule has 0 aliphatic carbocycles. The van der Waals surface area contributed by atoms with Crippen LogP contribution in [0.5, 0.6) is 0 Å². The van der Waals surface area contributed by atoms with Gasteiger partial charge in [-0.25, -0.2) is 4.98 Å². The summed E-state index contributed by atoms with van der Waals surface area (Å²) in [6.07, 6.45) is 4.71. The van der Waals surface area contributed by atoms with Crippen LogP contribution in [0.4, 0.5) is 5.13 Å². The highest BCUT2D eigenvalue weighted by Crippen LogP contribution is 2.17. The van der Waals surface area contributed by atoms with Crippen LogP contribution in [0.2, 0.25) is 0 Å². The van der Waals surface area contributed by atoms with E-state index in [4.69, 9.17) is 5.11 Å². The molecular weight excluding hydrogens is 278 g/mol. The van der Waals surface area contributed by atoms with E-state index >= 15 is 0 Å². The van der Waals surface area contributed by atoms with Gasteiger partial charge in [-0.3, -0.25) is 14.9 Å². The molecule has 2 aromatic heterocycles. The molecule has 0 bridgehead atoms. The Labute approximate surface area is 118 Å². The molecule has 0 unspecified atom stereocenters. The second-order valence-electron chi connectivity index (χ2n) is 3.68. The lowest BCUT2D eigenvalue weighted by atomic mass is 10.2. The van der Waals surface area contributed by atoms with E-state index in [1.807, 2.05) is 0 Å². The van der Waals surface area contributed by atoms with E-state index < -0.39 is 5.91 Å². The molecule has 1 amide bonds. The summed E-state index contributed by atoms with van der Waals surface area (Å²) in [4.78, 5) is 30.7. The van der Waals surface area contributed by atoms with Crippen LogP contribution in [-0.2, 0) is 0 Å². The molecule has 7 heteroatoms. The van der Waals surface area contributed by atoms with Gasteiger partial charge in [0.2, 0.25) is 0 Å². The molecule has 2 heterocycles. The molecule has 0 aliphatic rings. The Morgan fingerprint density at radius 3 is 3.15 bits per heavy atom. The fraction of sp³-hybridized carbons (Fsp3) is 0.154. The Morgan fingerprint density at radius 2 is 2.40 bits per heavy atom. The van der Waals surface area contributed by atoms with Gasteiger partial charge in [-0.05, 0) is 0 Å². The number of H-pyrrole nitrogens is 1. The predicted molar refractivity (Wildman–Crippen MR) is 75.7 cm³/mol. The average Bonchev–Trinajstić information content (AvgIpc) is 2.87. The Morgan fingerprint density at radius 1 is 1.55 bits per heavy atom. The highest BCUT2D eigenvalue weighted by Gasteiger charge is 2.11. The van der Waals surface area contributed by atoms with Gasteiger partial charge < -0.3 is 10.1 Å². The minimum atomic E-state index is -0.518. The molecule has 0 spiro atoms. The molecule has 0 aliphatic heterocycles. The zero-order chi connectivity index (χ0) is 14.4. The molecule has 2 rings (SSSR count). The van der Waals surface area contributed by atoms with Crippen LogP contribution in [0.25, 0.3) is 0 Å². The summed E-state index contributed by atoms with van der Waals surface area (Å²) in [7, 11) is 0. The Bertz CT molecular complexity index is 724. The van der Waals surface area contributed by atoms with Crippen LogP contribution in [-0.4, -0.2) is 27.6 Å². The normalized spacial score (nSPS) is 9.65. The quantitative estimate of drug-likeness (QED) is 0.729. The van der Waals surface area contributed by atoms with Gasteiger partial charge in [0.15, 0.2) is 10.6 Å². The molecule has 0 saturated heterocycles. The molecule has 0 saturated carbocycles. The Hall–Kier alpha value is -2.43. The van der Waals surface area contributed by atoms with Crippen LogP contribution in [0, 0.1) is 11.8 Å². The number of aromatic nitrogens is 2. The Balaban J connectivity index is 2.08. The van der Waals surface area contributed by atoms with Gasteiger partial charge in [0.05, 0.1) is 17.7 Å². The number of hydrogen-bond acceptors (Lipinski definition) is 5. The van der Waals surface area contributed by atoms with Gasteiger partial charge in [0, 0.05) is 24.9 Å². The average molecular weight is 289 g/mol. The number of amides is 1. The summed E-state index contributed by atoms with van der Waals surface area (Å²) >= 11 is 1.20. The van der Waals surface area contributed by atoms with E-state index in [-0.39, 0.29) is 17.6 Å². The molecule has 0 radical (unpaired) electrons. The predicted octanol–water partition coefficient (Wildman–Crippen LogP) is 0.818. The maximum absolute atomic E-state index is 11.9. The summed E-state index contributed by atoms with van der Waals surface area (Å²) in [5.41, 5.74) is -0.337. The van der Waals surface area contributed by atoms with E-state index in [0.29, 0.717) is 16.4 Å². The van der Waals surface area contributed by atoms with Crippen molar-refractivity contribution in [3.05, 3.63) is 45.3 Å². The van der Waals surface area contributed by atoms with E-state index in [1.165, 1.54) is 36.0 Å². The molecule has 20 heavy (non-hydrogen) atoms. The number of nitrogens with one attached hydrogen (secondary N) is 2. The number of rotatable bonds is 3. The monoisotopic (exact) mass is 289 g/mol. The number of hydrogen-bond donors (Lipinski definition) is 3. The summed E-state index contributed by atoms with van der Waals surface area (Å²) in [5.74, 6) is 5.06. The first-order valence-electron chi connectivity index (χ1n) is 5.74. The van der Waals surface area contributed by atoms with Crippen molar-refractivity contribution in [3.8, 4) is 11.8 Å². The lowest BCUT2D eigenvalue weighted by Crippen LogP contribution is -2.20. The molecule has 2 aromatic rings. The Kier molecular flexibility index (Phi) is 4.65. The van der Waals surface area contributed by atoms with Gasteiger partial charge in [-0.15, -0.1) is 0 Å². The zero-order valence-corrected chi connectivity index (χ0v) is 11.2. The van der Waals surface area contributed by atoms with Crippen molar-refractivity contribution >= 4 is 22.4 Å².